The molecule has 1 heterocycles. The molecule has 0 aliphatic rings. The van der Waals surface area contributed by atoms with Crippen LogP contribution in [0.5, 0.6) is 0 Å². The molecular formula is C25H17BrClNO3. The van der Waals surface area contributed by atoms with Gasteiger partial charge in [0.15, 0.2) is 12.4 Å². The molecule has 0 aliphatic carbocycles. The van der Waals surface area contributed by atoms with Crippen molar-refractivity contribution in [3.05, 3.63) is 99.0 Å². The largest absolute Gasteiger partial charge is 0.454 e. The van der Waals surface area contributed by atoms with Gasteiger partial charge in [-0.25, -0.2) is 9.78 Å². The van der Waals surface area contributed by atoms with Crippen LogP contribution in [0.25, 0.3) is 22.2 Å². The third-order valence-electron chi connectivity index (χ3n) is 4.84. The van der Waals surface area contributed by atoms with E-state index in [4.69, 9.17) is 16.3 Å². The van der Waals surface area contributed by atoms with E-state index in [1.54, 1.807) is 30.3 Å². The van der Waals surface area contributed by atoms with Gasteiger partial charge < -0.3 is 4.74 Å². The minimum absolute atomic E-state index is 0.259. The van der Waals surface area contributed by atoms with Crippen LogP contribution in [0.4, 0.5) is 0 Å². The Morgan fingerprint density at radius 2 is 1.68 bits per heavy atom. The summed E-state index contributed by atoms with van der Waals surface area (Å²) in [6.45, 7) is 1.61. The second-order valence-corrected chi connectivity index (χ2v) is 8.44. The predicted molar refractivity (Wildman–Crippen MR) is 126 cm³/mol. The highest BCUT2D eigenvalue weighted by Crippen LogP contribution is 2.28. The van der Waals surface area contributed by atoms with Crippen molar-refractivity contribution in [2.45, 2.75) is 6.92 Å². The van der Waals surface area contributed by atoms with E-state index in [0.717, 1.165) is 15.6 Å². The first-order chi connectivity index (χ1) is 14.9. The maximum absolute atomic E-state index is 13.0. The van der Waals surface area contributed by atoms with Gasteiger partial charge in [-0.05, 0) is 43.3 Å². The fraction of sp³-hybridized carbons (Fsp3) is 0.0800. The summed E-state index contributed by atoms with van der Waals surface area (Å²) in [4.78, 5) is 30.1. The van der Waals surface area contributed by atoms with Crippen LogP contribution in [-0.2, 0) is 4.74 Å². The smallest absolute Gasteiger partial charge is 0.339 e. The molecule has 0 radical (unpaired) electrons. The molecule has 4 aromatic rings. The number of pyridine rings is 1. The van der Waals surface area contributed by atoms with Gasteiger partial charge in [0.25, 0.3) is 0 Å². The number of hydrogen-bond donors (Lipinski definition) is 0. The maximum Gasteiger partial charge on any atom is 0.339 e. The van der Waals surface area contributed by atoms with Crippen molar-refractivity contribution >= 4 is 50.2 Å². The van der Waals surface area contributed by atoms with Crippen LogP contribution in [0.2, 0.25) is 5.02 Å². The Balaban J connectivity index is 1.66. The van der Waals surface area contributed by atoms with E-state index >= 15 is 0 Å². The molecule has 0 saturated heterocycles. The summed E-state index contributed by atoms with van der Waals surface area (Å²) in [7, 11) is 0. The van der Waals surface area contributed by atoms with Crippen molar-refractivity contribution in [1.29, 1.82) is 0 Å². The summed E-state index contributed by atoms with van der Waals surface area (Å²) in [5.41, 5.74) is 3.97. The number of hydrogen-bond acceptors (Lipinski definition) is 4. The van der Waals surface area contributed by atoms with Gasteiger partial charge >= 0.3 is 5.97 Å². The maximum atomic E-state index is 13.0. The van der Waals surface area contributed by atoms with Gasteiger partial charge in [0.2, 0.25) is 0 Å². The van der Waals surface area contributed by atoms with Crippen LogP contribution in [0.15, 0.2) is 77.3 Å². The zero-order valence-electron chi connectivity index (χ0n) is 16.6. The van der Waals surface area contributed by atoms with Crippen LogP contribution in [0.3, 0.4) is 0 Å². The molecule has 0 atom stereocenters. The molecular weight excluding hydrogens is 478 g/mol. The molecule has 0 aliphatic heterocycles. The van der Waals surface area contributed by atoms with Crippen LogP contribution in [0.1, 0.15) is 26.3 Å². The lowest BCUT2D eigenvalue weighted by molar-refractivity contribution is 0.0476. The normalized spacial score (nSPS) is 10.8. The van der Waals surface area contributed by atoms with Crippen molar-refractivity contribution in [3.63, 3.8) is 0 Å². The minimum Gasteiger partial charge on any atom is -0.454 e. The number of ether oxygens (including phenoxy) is 1. The molecule has 0 fully saturated rings. The predicted octanol–water partition coefficient (Wildman–Crippen LogP) is 6.67. The summed E-state index contributed by atoms with van der Waals surface area (Å²) in [6.07, 6.45) is 0. The quantitative estimate of drug-likeness (QED) is 0.230. The fourth-order valence-corrected chi connectivity index (χ4v) is 3.65. The molecule has 0 amide bonds. The van der Waals surface area contributed by atoms with E-state index in [0.29, 0.717) is 32.7 Å². The Morgan fingerprint density at radius 3 is 2.39 bits per heavy atom. The molecule has 0 saturated carbocycles. The monoisotopic (exact) mass is 493 g/mol. The van der Waals surface area contributed by atoms with Gasteiger partial charge in [-0.1, -0.05) is 69.5 Å². The second kappa shape index (κ2) is 9.00. The number of ketones is 1. The van der Waals surface area contributed by atoms with E-state index in [2.05, 4.69) is 20.9 Å². The van der Waals surface area contributed by atoms with Gasteiger partial charge in [0.05, 0.1) is 16.8 Å². The first kappa shape index (κ1) is 21.2. The molecule has 4 nitrogen and oxygen atoms in total. The van der Waals surface area contributed by atoms with Gasteiger partial charge in [0.1, 0.15) is 0 Å². The number of aromatic nitrogens is 1. The van der Waals surface area contributed by atoms with Crippen molar-refractivity contribution in [3.8, 4) is 11.3 Å². The molecule has 1 aromatic heterocycles. The lowest BCUT2D eigenvalue weighted by Gasteiger charge is -2.11. The number of carbonyl (C=O) groups excluding carboxylic acids is 2. The summed E-state index contributed by atoms with van der Waals surface area (Å²) < 4.78 is 6.19. The van der Waals surface area contributed by atoms with Gasteiger partial charge in [-0.15, -0.1) is 0 Å². The standard InChI is InChI=1S/C25H17BrClNO3/c1-15-2-4-17(5-3-15)24(29)14-31-25(30)21-13-23(16-6-9-19(27)10-7-16)28-22-11-8-18(26)12-20(21)22/h2-13H,14H2,1H3. The van der Waals surface area contributed by atoms with Crippen LogP contribution in [-0.4, -0.2) is 23.3 Å². The zero-order valence-corrected chi connectivity index (χ0v) is 18.9. The van der Waals surface area contributed by atoms with E-state index in [1.165, 1.54) is 0 Å². The lowest BCUT2D eigenvalue weighted by atomic mass is 10.0. The average Bonchev–Trinajstić information content (AvgIpc) is 2.77. The minimum atomic E-state index is -0.582. The first-order valence-electron chi connectivity index (χ1n) is 9.54. The number of nitrogens with zero attached hydrogens (tertiary/aromatic N) is 1. The van der Waals surface area contributed by atoms with Crippen molar-refractivity contribution in [2.75, 3.05) is 6.61 Å². The number of Topliss-reactive ketones (excluding diaryl/α,β-unsaturated/α-hetero) is 1. The molecule has 0 unspecified atom stereocenters. The Labute approximate surface area is 193 Å². The zero-order chi connectivity index (χ0) is 22.0. The molecule has 3 aromatic carbocycles. The summed E-state index contributed by atoms with van der Waals surface area (Å²) >= 11 is 9.43. The average molecular weight is 495 g/mol. The van der Waals surface area contributed by atoms with Crippen molar-refractivity contribution in [2.24, 2.45) is 0 Å². The highest BCUT2D eigenvalue weighted by atomic mass is 79.9. The van der Waals surface area contributed by atoms with Gasteiger partial charge in [0, 0.05) is 26.0 Å². The van der Waals surface area contributed by atoms with Crippen LogP contribution in [0, 0.1) is 6.92 Å². The van der Waals surface area contributed by atoms with Gasteiger partial charge in [-0.2, -0.15) is 0 Å². The second-order valence-electron chi connectivity index (χ2n) is 7.09. The SMILES string of the molecule is Cc1ccc(C(=O)COC(=O)c2cc(-c3ccc(Cl)cc3)nc3ccc(Br)cc23)cc1. The van der Waals surface area contributed by atoms with Gasteiger partial charge in [-0.3, -0.25) is 4.79 Å². The number of esters is 1. The molecule has 4 rings (SSSR count). The molecule has 31 heavy (non-hydrogen) atoms. The number of aryl methyl sites for hydroxylation is 1. The molecule has 0 bridgehead atoms. The molecule has 0 N–H and O–H groups in total. The summed E-state index contributed by atoms with van der Waals surface area (Å²) in [5.74, 6) is -0.841. The summed E-state index contributed by atoms with van der Waals surface area (Å²) in [5, 5.41) is 1.25. The molecule has 6 heteroatoms. The number of benzene rings is 3. The molecule has 0 spiro atoms. The van der Waals surface area contributed by atoms with E-state index in [-0.39, 0.29) is 12.4 Å². The number of rotatable bonds is 5. The van der Waals surface area contributed by atoms with E-state index < -0.39 is 5.97 Å². The van der Waals surface area contributed by atoms with Crippen LogP contribution >= 0.6 is 27.5 Å². The Morgan fingerprint density at radius 1 is 0.968 bits per heavy atom. The number of halogens is 2. The molecule has 154 valence electrons. The highest BCUT2D eigenvalue weighted by Gasteiger charge is 2.17. The third-order valence-corrected chi connectivity index (χ3v) is 5.58. The summed E-state index contributed by atoms with van der Waals surface area (Å²) in [6, 6.07) is 21.5. The number of carbonyl (C=O) groups is 2. The van der Waals surface area contributed by atoms with Crippen molar-refractivity contribution < 1.29 is 14.3 Å². The Bertz CT molecular complexity index is 1280. The first-order valence-corrected chi connectivity index (χ1v) is 10.7. The Hall–Kier alpha value is -3.02. The Kier molecular flexibility index (Phi) is 6.16. The van der Waals surface area contributed by atoms with E-state index in [9.17, 15) is 9.59 Å². The van der Waals surface area contributed by atoms with Crippen LogP contribution < -0.4 is 0 Å². The number of fused-ring (bicyclic) bond motifs is 1. The van der Waals surface area contributed by atoms with E-state index in [1.807, 2.05) is 49.4 Å². The fourth-order valence-electron chi connectivity index (χ4n) is 3.17. The third kappa shape index (κ3) is 4.84. The lowest BCUT2D eigenvalue weighted by Crippen LogP contribution is -2.15. The van der Waals surface area contributed by atoms with Crippen molar-refractivity contribution in [1.82, 2.24) is 4.98 Å². The highest BCUT2D eigenvalue weighted by molar-refractivity contribution is 9.10. The topological polar surface area (TPSA) is 56.3 Å².